The van der Waals surface area contributed by atoms with Crippen LogP contribution >= 0.6 is 0 Å². The normalized spacial score (nSPS) is 12.6. The number of aryl methyl sites for hydroxylation is 2. The number of pyridine rings is 1. The molecule has 0 spiro atoms. The van der Waals surface area contributed by atoms with Gasteiger partial charge in [-0.15, -0.1) is 0 Å². The highest BCUT2D eigenvalue weighted by atomic mass is 16.5. The van der Waals surface area contributed by atoms with E-state index in [2.05, 4.69) is 30.3 Å². The Balaban J connectivity index is 1.98. The molecule has 3 nitrogen and oxygen atoms in total. The van der Waals surface area contributed by atoms with Crippen molar-refractivity contribution in [2.45, 2.75) is 12.8 Å². The van der Waals surface area contributed by atoms with Crippen molar-refractivity contribution in [3.8, 4) is 22.6 Å². The molecule has 1 aliphatic carbocycles. The quantitative estimate of drug-likeness (QED) is 0.714. The van der Waals surface area contributed by atoms with Gasteiger partial charge < -0.3 is 9.47 Å². The number of methoxy groups -OCH3 is 2. The number of benzene rings is 2. The summed E-state index contributed by atoms with van der Waals surface area (Å²) in [6.07, 6.45) is 2.03. The molecule has 4 rings (SSSR count). The first kappa shape index (κ1) is 13.1. The molecule has 0 amide bonds. The first-order chi connectivity index (χ1) is 10.8. The molecule has 110 valence electrons. The zero-order chi connectivity index (χ0) is 15.1. The highest BCUT2D eigenvalue weighted by Crippen LogP contribution is 2.37. The van der Waals surface area contributed by atoms with E-state index < -0.39 is 0 Å². The van der Waals surface area contributed by atoms with Crippen molar-refractivity contribution in [3.63, 3.8) is 0 Å². The first-order valence-corrected chi connectivity index (χ1v) is 7.44. The van der Waals surface area contributed by atoms with Gasteiger partial charge >= 0.3 is 0 Å². The molecule has 3 aromatic rings. The van der Waals surface area contributed by atoms with Crippen LogP contribution in [0.2, 0.25) is 0 Å². The summed E-state index contributed by atoms with van der Waals surface area (Å²) in [5, 5.41) is 1.08. The molecular formula is C19H17NO2. The van der Waals surface area contributed by atoms with E-state index in [4.69, 9.17) is 14.5 Å². The Bertz CT molecular complexity index is 871. The maximum atomic E-state index is 5.41. The third kappa shape index (κ3) is 1.93. The highest BCUT2D eigenvalue weighted by Gasteiger charge is 2.18. The van der Waals surface area contributed by atoms with Crippen molar-refractivity contribution in [2.75, 3.05) is 14.2 Å². The van der Waals surface area contributed by atoms with Gasteiger partial charge in [0.2, 0.25) is 0 Å². The van der Waals surface area contributed by atoms with Crippen LogP contribution in [0.1, 0.15) is 11.3 Å². The summed E-state index contributed by atoms with van der Waals surface area (Å²) in [4.78, 5) is 4.86. The van der Waals surface area contributed by atoms with Crippen molar-refractivity contribution in [3.05, 3.63) is 53.7 Å². The van der Waals surface area contributed by atoms with Crippen LogP contribution in [-0.4, -0.2) is 19.2 Å². The average Bonchev–Trinajstić information content (AvgIpc) is 2.58. The second kappa shape index (κ2) is 5.02. The summed E-state index contributed by atoms with van der Waals surface area (Å²) < 4.78 is 10.8. The molecule has 22 heavy (non-hydrogen) atoms. The molecule has 0 N–H and O–H groups in total. The molecule has 0 atom stereocenters. The lowest BCUT2D eigenvalue weighted by Crippen LogP contribution is -2.06. The fourth-order valence-corrected chi connectivity index (χ4v) is 3.22. The van der Waals surface area contributed by atoms with Gasteiger partial charge in [-0.05, 0) is 36.1 Å². The number of hydrogen-bond donors (Lipinski definition) is 0. The summed E-state index contributed by atoms with van der Waals surface area (Å²) in [6.45, 7) is 0. The number of rotatable bonds is 2. The van der Waals surface area contributed by atoms with Crippen molar-refractivity contribution >= 4 is 10.9 Å². The first-order valence-electron chi connectivity index (χ1n) is 7.44. The Hall–Kier alpha value is -2.55. The summed E-state index contributed by atoms with van der Waals surface area (Å²) in [6, 6.07) is 14.8. The lowest BCUT2D eigenvalue weighted by molar-refractivity contribution is 0.356. The van der Waals surface area contributed by atoms with Crippen LogP contribution in [-0.2, 0) is 12.8 Å². The summed E-state index contributed by atoms with van der Waals surface area (Å²) >= 11 is 0. The molecule has 0 bridgehead atoms. The van der Waals surface area contributed by atoms with Gasteiger partial charge in [0.05, 0.1) is 19.7 Å². The van der Waals surface area contributed by atoms with Gasteiger partial charge in [0.25, 0.3) is 0 Å². The minimum atomic E-state index is 0.721. The van der Waals surface area contributed by atoms with Crippen LogP contribution in [0.25, 0.3) is 22.0 Å². The van der Waals surface area contributed by atoms with Crippen LogP contribution in [0, 0.1) is 0 Å². The summed E-state index contributed by atoms with van der Waals surface area (Å²) in [5.41, 5.74) is 6.06. The molecular weight excluding hydrogens is 274 g/mol. The zero-order valence-corrected chi connectivity index (χ0v) is 12.7. The Labute approximate surface area is 129 Å². The predicted octanol–water partition coefficient (Wildman–Crippen LogP) is 4.02. The van der Waals surface area contributed by atoms with Crippen LogP contribution in [0.15, 0.2) is 42.5 Å². The fourth-order valence-electron chi connectivity index (χ4n) is 3.22. The molecule has 1 heterocycles. The van der Waals surface area contributed by atoms with Crippen LogP contribution in [0.5, 0.6) is 11.5 Å². The smallest absolute Gasteiger partial charge is 0.162 e. The third-order valence-corrected chi connectivity index (χ3v) is 4.34. The Kier molecular flexibility index (Phi) is 3.00. The Morgan fingerprint density at radius 3 is 2.45 bits per heavy atom. The largest absolute Gasteiger partial charge is 0.493 e. The van der Waals surface area contributed by atoms with Gasteiger partial charge in [0.15, 0.2) is 11.5 Å². The third-order valence-electron chi connectivity index (χ3n) is 4.34. The molecule has 0 saturated heterocycles. The van der Waals surface area contributed by atoms with E-state index in [-0.39, 0.29) is 0 Å². The second-order valence-electron chi connectivity index (χ2n) is 5.54. The molecule has 2 aromatic carbocycles. The van der Waals surface area contributed by atoms with Crippen LogP contribution in [0.4, 0.5) is 0 Å². The van der Waals surface area contributed by atoms with E-state index in [1.807, 2.05) is 12.1 Å². The van der Waals surface area contributed by atoms with Crippen LogP contribution < -0.4 is 9.47 Å². The van der Waals surface area contributed by atoms with Gasteiger partial charge in [0.1, 0.15) is 0 Å². The molecule has 1 aromatic heterocycles. The summed E-state index contributed by atoms with van der Waals surface area (Å²) in [5.74, 6) is 1.46. The second-order valence-corrected chi connectivity index (χ2v) is 5.54. The Morgan fingerprint density at radius 1 is 0.864 bits per heavy atom. The molecule has 0 radical (unpaired) electrons. The fraction of sp³-hybridized carbons (Fsp3) is 0.211. The maximum absolute atomic E-state index is 5.41. The number of nitrogens with zero attached hydrogens (tertiary/aromatic N) is 1. The van der Waals surface area contributed by atoms with Crippen molar-refractivity contribution < 1.29 is 9.47 Å². The predicted molar refractivity (Wildman–Crippen MR) is 87.7 cm³/mol. The van der Waals surface area contributed by atoms with Crippen LogP contribution in [0.3, 0.4) is 0 Å². The van der Waals surface area contributed by atoms with E-state index in [9.17, 15) is 0 Å². The molecule has 0 fully saturated rings. The molecule has 0 saturated carbocycles. The standard InChI is InChI=1S/C19H17NO2/c1-21-18-10-13-9-15-14-6-4-3-5-12(14)7-8-16(15)20-17(13)11-19(18)22-2/h3-6,9-11H,7-8H2,1-2H3. The minimum Gasteiger partial charge on any atom is -0.493 e. The van der Waals surface area contributed by atoms with E-state index in [0.29, 0.717) is 0 Å². The van der Waals surface area contributed by atoms with E-state index in [1.165, 1.54) is 22.4 Å². The monoisotopic (exact) mass is 291 g/mol. The lowest BCUT2D eigenvalue weighted by atomic mass is 9.88. The van der Waals surface area contributed by atoms with Gasteiger partial charge in [0, 0.05) is 22.7 Å². The van der Waals surface area contributed by atoms with Crippen molar-refractivity contribution in [2.24, 2.45) is 0 Å². The van der Waals surface area contributed by atoms with Gasteiger partial charge in [-0.1, -0.05) is 24.3 Å². The van der Waals surface area contributed by atoms with Crippen molar-refractivity contribution in [1.29, 1.82) is 0 Å². The molecule has 1 aliphatic rings. The minimum absolute atomic E-state index is 0.721. The topological polar surface area (TPSA) is 31.4 Å². The van der Waals surface area contributed by atoms with Crippen molar-refractivity contribution in [1.82, 2.24) is 4.98 Å². The number of fused-ring (bicyclic) bond motifs is 4. The van der Waals surface area contributed by atoms with Gasteiger partial charge in [-0.25, -0.2) is 0 Å². The molecule has 3 heteroatoms. The molecule has 0 unspecified atom stereocenters. The lowest BCUT2D eigenvalue weighted by Gasteiger charge is -2.20. The maximum Gasteiger partial charge on any atom is 0.162 e. The Morgan fingerprint density at radius 2 is 1.64 bits per heavy atom. The average molecular weight is 291 g/mol. The molecule has 0 aliphatic heterocycles. The number of hydrogen-bond acceptors (Lipinski definition) is 3. The van der Waals surface area contributed by atoms with E-state index >= 15 is 0 Å². The van der Waals surface area contributed by atoms with E-state index in [1.54, 1.807) is 14.2 Å². The zero-order valence-electron chi connectivity index (χ0n) is 12.7. The summed E-state index contributed by atoms with van der Waals surface area (Å²) in [7, 11) is 3.31. The SMILES string of the molecule is COc1cc2cc3c(nc2cc1OC)CCc1ccccc1-3. The van der Waals surface area contributed by atoms with E-state index in [0.717, 1.165) is 35.2 Å². The highest BCUT2D eigenvalue weighted by molar-refractivity contribution is 5.88. The number of aromatic nitrogens is 1. The van der Waals surface area contributed by atoms with Gasteiger partial charge in [-0.2, -0.15) is 0 Å². The number of ether oxygens (including phenoxy) is 2. The van der Waals surface area contributed by atoms with Gasteiger partial charge in [-0.3, -0.25) is 4.98 Å².